The molecule has 0 saturated carbocycles. The van der Waals surface area contributed by atoms with Gasteiger partial charge < -0.3 is 14.5 Å². The van der Waals surface area contributed by atoms with Gasteiger partial charge in [-0.1, -0.05) is 34.6 Å². The Morgan fingerprint density at radius 3 is 1.50 bits per heavy atom. The minimum absolute atomic E-state index is 1.06. The molecule has 0 heterocycles. The highest BCUT2D eigenvalue weighted by molar-refractivity contribution is 6.72. The molecule has 0 aliphatic heterocycles. The molecule has 0 atom stereocenters. The molecule has 0 aliphatic rings. The van der Waals surface area contributed by atoms with Crippen molar-refractivity contribution < 1.29 is 0 Å². The van der Waals surface area contributed by atoms with Gasteiger partial charge in [-0.05, 0) is 32.2 Å². The van der Waals surface area contributed by atoms with Gasteiger partial charge in [0.1, 0.15) is 0 Å². The summed E-state index contributed by atoms with van der Waals surface area (Å²) in [6.07, 6.45) is 0. The first kappa shape index (κ1) is 14.1. The number of hydrogen-bond donors (Lipinski definition) is 2. The van der Waals surface area contributed by atoms with E-state index >= 15 is 0 Å². The normalized spacial score (nSPS) is 12.4. The SMILES string of the molecule is CCN[Si](CC)(NCC)N(CC)CC. The fourth-order valence-electron chi connectivity index (χ4n) is 2.11. The van der Waals surface area contributed by atoms with Crippen molar-refractivity contribution in [1.82, 2.24) is 14.5 Å². The summed E-state index contributed by atoms with van der Waals surface area (Å²) in [5.41, 5.74) is 0. The summed E-state index contributed by atoms with van der Waals surface area (Å²) in [4.78, 5) is 7.40. The zero-order valence-corrected chi connectivity index (χ0v) is 11.5. The minimum atomic E-state index is -1.57. The van der Waals surface area contributed by atoms with E-state index in [4.69, 9.17) is 0 Å². The first-order valence-corrected chi connectivity index (χ1v) is 8.11. The molecule has 2 N–H and O–H groups in total. The molecule has 4 heteroatoms. The average Bonchev–Trinajstić information content (AvgIpc) is 2.20. The maximum absolute atomic E-state index is 3.70. The topological polar surface area (TPSA) is 27.3 Å². The molecular formula is C10H27N3Si. The maximum Gasteiger partial charge on any atom is 0.283 e. The van der Waals surface area contributed by atoms with Crippen molar-refractivity contribution in [2.24, 2.45) is 0 Å². The first-order valence-electron chi connectivity index (χ1n) is 5.95. The predicted octanol–water partition coefficient (Wildman–Crippen LogP) is 1.51. The van der Waals surface area contributed by atoms with Crippen molar-refractivity contribution in [3.8, 4) is 0 Å². The second kappa shape index (κ2) is 7.40. The molecule has 0 saturated heterocycles. The number of nitrogens with zero attached hydrogens (tertiary/aromatic N) is 1. The smallest absolute Gasteiger partial charge is 0.283 e. The number of nitrogens with one attached hydrogen (secondary N) is 2. The molecule has 0 spiro atoms. The quantitative estimate of drug-likeness (QED) is 0.604. The molecule has 0 aromatic heterocycles. The summed E-state index contributed by atoms with van der Waals surface area (Å²) in [5.74, 6) is 0. The summed E-state index contributed by atoms with van der Waals surface area (Å²) >= 11 is 0. The molecule has 86 valence electrons. The van der Waals surface area contributed by atoms with Crippen LogP contribution < -0.4 is 9.96 Å². The first-order chi connectivity index (χ1) is 6.70. The van der Waals surface area contributed by atoms with E-state index in [-0.39, 0.29) is 0 Å². The van der Waals surface area contributed by atoms with Crippen LogP contribution in [0.1, 0.15) is 34.6 Å². The van der Waals surface area contributed by atoms with Crippen LogP contribution in [0.4, 0.5) is 0 Å². The van der Waals surface area contributed by atoms with E-state index in [2.05, 4.69) is 49.1 Å². The molecule has 0 aromatic carbocycles. The Morgan fingerprint density at radius 2 is 1.29 bits per heavy atom. The van der Waals surface area contributed by atoms with E-state index < -0.39 is 8.56 Å². The minimum Gasteiger partial charge on any atom is -0.313 e. The molecule has 0 amide bonds. The molecule has 0 aliphatic carbocycles. The van der Waals surface area contributed by atoms with E-state index in [0.29, 0.717) is 0 Å². The number of rotatable bonds is 8. The van der Waals surface area contributed by atoms with E-state index in [0.717, 1.165) is 26.2 Å². The van der Waals surface area contributed by atoms with Gasteiger partial charge >= 0.3 is 0 Å². The van der Waals surface area contributed by atoms with Gasteiger partial charge in [-0.2, -0.15) is 0 Å². The van der Waals surface area contributed by atoms with Crippen molar-refractivity contribution in [1.29, 1.82) is 0 Å². The van der Waals surface area contributed by atoms with E-state index in [1.807, 2.05) is 0 Å². The third-order valence-corrected chi connectivity index (χ3v) is 7.37. The largest absolute Gasteiger partial charge is 0.313 e. The summed E-state index contributed by atoms with van der Waals surface area (Å²) in [6, 6.07) is 1.22. The third kappa shape index (κ3) is 3.35. The van der Waals surface area contributed by atoms with Gasteiger partial charge in [0.2, 0.25) is 0 Å². The lowest BCUT2D eigenvalue weighted by Gasteiger charge is -2.40. The molecule has 0 rings (SSSR count). The molecule has 0 unspecified atom stereocenters. The molecule has 0 fully saturated rings. The summed E-state index contributed by atoms with van der Waals surface area (Å²) in [6.45, 7) is 15.6. The number of hydrogen-bond acceptors (Lipinski definition) is 3. The van der Waals surface area contributed by atoms with E-state index in [1.165, 1.54) is 6.04 Å². The lowest BCUT2D eigenvalue weighted by molar-refractivity contribution is 0.431. The second-order valence-corrected chi connectivity index (χ2v) is 7.21. The molecule has 0 radical (unpaired) electrons. The van der Waals surface area contributed by atoms with Crippen LogP contribution in [0.25, 0.3) is 0 Å². The Labute approximate surface area is 90.5 Å². The molecule has 3 nitrogen and oxygen atoms in total. The maximum atomic E-state index is 3.70. The summed E-state index contributed by atoms with van der Waals surface area (Å²) < 4.78 is 2.58. The highest BCUT2D eigenvalue weighted by atomic mass is 28.4. The van der Waals surface area contributed by atoms with Gasteiger partial charge in [-0.3, -0.25) is 0 Å². The van der Waals surface area contributed by atoms with Crippen molar-refractivity contribution >= 4 is 8.56 Å². The monoisotopic (exact) mass is 217 g/mol. The standard InChI is InChI=1S/C10H27N3Si/c1-6-11-14(10-5,12-7-2)13(8-3)9-4/h11-12H,6-10H2,1-5H3. The Hall–Kier alpha value is 0.0969. The van der Waals surface area contributed by atoms with Crippen LogP contribution in [0.15, 0.2) is 0 Å². The van der Waals surface area contributed by atoms with Crippen LogP contribution in [-0.4, -0.2) is 39.3 Å². The van der Waals surface area contributed by atoms with Crippen molar-refractivity contribution in [2.75, 3.05) is 26.2 Å². The highest BCUT2D eigenvalue weighted by Crippen LogP contribution is 2.08. The van der Waals surface area contributed by atoms with Crippen molar-refractivity contribution in [3.05, 3.63) is 0 Å². The van der Waals surface area contributed by atoms with Crippen LogP contribution in [0, 0.1) is 0 Å². The van der Waals surface area contributed by atoms with Gasteiger partial charge in [-0.15, -0.1) is 0 Å². The average molecular weight is 217 g/mol. The van der Waals surface area contributed by atoms with Crippen LogP contribution in [0.3, 0.4) is 0 Å². The Kier molecular flexibility index (Phi) is 7.45. The highest BCUT2D eigenvalue weighted by Gasteiger charge is 2.35. The lowest BCUT2D eigenvalue weighted by Crippen LogP contribution is -2.72. The Balaban J connectivity index is 4.59. The van der Waals surface area contributed by atoms with E-state index in [9.17, 15) is 0 Å². The fourth-order valence-corrected chi connectivity index (χ4v) is 5.88. The molecule has 14 heavy (non-hydrogen) atoms. The third-order valence-electron chi connectivity index (χ3n) is 2.75. The Morgan fingerprint density at radius 1 is 0.857 bits per heavy atom. The second-order valence-electron chi connectivity index (χ2n) is 3.45. The Bertz CT molecular complexity index is 131. The van der Waals surface area contributed by atoms with Crippen molar-refractivity contribution in [3.63, 3.8) is 0 Å². The van der Waals surface area contributed by atoms with E-state index in [1.54, 1.807) is 0 Å². The van der Waals surface area contributed by atoms with Gasteiger partial charge in [0, 0.05) is 0 Å². The zero-order chi connectivity index (χ0) is 11.0. The zero-order valence-electron chi connectivity index (χ0n) is 10.5. The van der Waals surface area contributed by atoms with Gasteiger partial charge in [0.05, 0.1) is 0 Å². The van der Waals surface area contributed by atoms with Crippen LogP contribution >= 0.6 is 0 Å². The van der Waals surface area contributed by atoms with Crippen molar-refractivity contribution in [2.45, 2.75) is 40.7 Å². The molecule has 0 bridgehead atoms. The molecular weight excluding hydrogens is 190 g/mol. The summed E-state index contributed by atoms with van der Waals surface area (Å²) in [5, 5.41) is 0. The van der Waals surface area contributed by atoms with Gasteiger partial charge in [0.15, 0.2) is 0 Å². The van der Waals surface area contributed by atoms with Gasteiger partial charge in [-0.25, -0.2) is 0 Å². The molecule has 0 aromatic rings. The lowest BCUT2D eigenvalue weighted by atomic mass is 10.7. The predicted molar refractivity (Wildman–Crippen MR) is 66.5 cm³/mol. The van der Waals surface area contributed by atoms with Crippen LogP contribution in [0.5, 0.6) is 0 Å². The van der Waals surface area contributed by atoms with Crippen LogP contribution in [-0.2, 0) is 0 Å². The van der Waals surface area contributed by atoms with Gasteiger partial charge in [0.25, 0.3) is 8.56 Å². The van der Waals surface area contributed by atoms with Crippen LogP contribution in [0.2, 0.25) is 6.04 Å². The fraction of sp³-hybridized carbons (Fsp3) is 1.00. The summed E-state index contributed by atoms with van der Waals surface area (Å²) in [7, 11) is -1.57.